The lowest BCUT2D eigenvalue weighted by atomic mass is 10.2. The molecule has 2 aromatic carbocycles. The van der Waals surface area contributed by atoms with E-state index in [2.05, 4.69) is 20.3 Å². The Morgan fingerprint density at radius 1 is 1.03 bits per heavy atom. The van der Waals surface area contributed by atoms with Crippen molar-refractivity contribution >= 4 is 33.2 Å². The Labute approximate surface area is 178 Å². The van der Waals surface area contributed by atoms with Gasteiger partial charge in [-0.2, -0.15) is 0 Å². The summed E-state index contributed by atoms with van der Waals surface area (Å²) in [4.78, 5) is 27.9. The molecule has 31 heavy (non-hydrogen) atoms. The highest BCUT2D eigenvalue weighted by Crippen LogP contribution is 2.19. The largest absolute Gasteiger partial charge is 0.343 e. The van der Waals surface area contributed by atoms with Gasteiger partial charge < -0.3 is 10.6 Å². The lowest BCUT2D eigenvalue weighted by molar-refractivity contribution is -0.115. The van der Waals surface area contributed by atoms with E-state index in [1.54, 1.807) is 18.3 Å². The molecule has 160 valence electrons. The minimum Gasteiger partial charge on any atom is -0.343 e. The van der Waals surface area contributed by atoms with E-state index in [4.69, 9.17) is 0 Å². The Balaban J connectivity index is 1.64. The average Bonchev–Trinajstić information content (AvgIpc) is 2.74. The molecule has 1 heterocycles. The number of pyridine rings is 1. The number of nitrogens with zero attached hydrogens (tertiary/aromatic N) is 1. The number of nitrogens with one attached hydrogen (secondary N) is 3. The minimum atomic E-state index is -4.05. The number of benzene rings is 2. The van der Waals surface area contributed by atoms with Crippen LogP contribution in [0, 0.1) is 12.7 Å². The van der Waals surface area contributed by atoms with Crippen molar-refractivity contribution in [2.24, 2.45) is 0 Å². The molecule has 3 aromatic rings. The molecule has 0 fully saturated rings. The van der Waals surface area contributed by atoms with Crippen molar-refractivity contribution in [1.82, 2.24) is 10.3 Å². The number of sulfonamides is 1. The summed E-state index contributed by atoms with van der Waals surface area (Å²) in [6, 6.07) is 12.6. The highest BCUT2D eigenvalue weighted by molar-refractivity contribution is 7.92. The van der Waals surface area contributed by atoms with Crippen LogP contribution in [0.25, 0.3) is 0 Å². The molecular formula is C21H19FN4O4S. The van der Waals surface area contributed by atoms with Crippen LogP contribution in [-0.4, -0.2) is 31.8 Å². The van der Waals surface area contributed by atoms with E-state index < -0.39 is 27.7 Å². The lowest BCUT2D eigenvalue weighted by Crippen LogP contribution is -2.32. The number of carbonyl (C=O) groups excluding carboxylic acids is 2. The van der Waals surface area contributed by atoms with Gasteiger partial charge in [0.25, 0.3) is 15.9 Å². The van der Waals surface area contributed by atoms with E-state index in [-0.39, 0.29) is 22.7 Å². The Morgan fingerprint density at radius 2 is 1.81 bits per heavy atom. The molecule has 0 unspecified atom stereocenters. The van der Waals surface area contributed by atoms with Crippen molar-refractivity contribution in [3.8, 4) is 0 Å². The first kappa shape index (κ1) is 21.9. The summed E-state index contributed by atoms with van der Waals surface area (Å²) in [5.74, 6) is -1.65. The first-order valence-corrected chi connectivity index (χ1v) is 10.6. The second kappa shape index (κ2) is 9.35. The van der Waals surface area contributed by atoms with Gasteiger partial charge in [-0.25, -0.2) is 12.8 Å². The average molecular weight is 442 g/mol. The van der Waals surface area contributed by atoms with E-state index in [0.717, 1.165) is 6.07 Å². The van der Waals surface area contributed by atoms with Crippen molar-refractivity contribution in [1.29, 1.82) is 0 Å². The van der Waals surface area contributed by atoms with Crippen LogP contribution >= 0.6 is 0 Å². The van der Waals surface area contributed by atoms with Crippen LogP contribution in [0.15, 0.2) is 71.9 Å². The molecule has 0 saturated carbocycles. The lowest BCUT2D eigenvalue weighted by Gasteiger charge is -2.11. The molecule has 8 nitrogen and oxygen atoms in total. The summed E-state index contributed by atoms with van der Waals surface area (Å²) in [5.41, 5.74) is 1.08. The molecule has 1 aromatic heterocycles. The molecule has 3 rings (SSSR count). The maximum atomic E-state index is 13.7. The molecule has 10 heteroatoms. The van der Waals surface area contributed by atoms with Gasteiger partial charge >= 0.3 is 0 Å². The van der Waals surface area contributed by atoms with Crippen molar-refractivity contribution in [2.75, 3.05) is 16.6 Å². The normalized spacial score (nSPS) is 10.9. The molecule has 0 aliphatic heterocycles. The summed E-state index contributed by atoms with van der Waals surface area (Å²) >= 11 is 0. The van der Waals surface area contributed by atoms with E-state index in [1.807, 2.05) is 0 Å². The summed E-state index contributed by atoms with van der Waals surface area (Å²) in [6.45, 7) is 1.24. The summed E-state index contributed by atoms with van der Waals surface area (Å²) < 4.78 is 41.0. The highest BCUT2D eigenvalue weighted by Gasteiger charge is 2.17. The van der Waals surface area contributed by atoms with Gasteiger partial charge in [0.15, 0.2) is 0 Å². The highest BCUT2D eigenvalue weighted by atomic mass is 32.2. The third-order valence-electron chi connectivity index (χ3n) is 4.19. The second-order valence-electron chi connectivity index (χ2n) is 6.57. The Morgan fingerprint density at radius 3 is 2.52 bits per heavy atom. The van der Waals surface area contributed by atoms with Crippen LogP contribution in [0.3, 0.4) is 0 Å². The fourth-order valence-corrected chi connectivity index (χ4v) is 3.64. The smallest absolute Gasteiger partial charge is 0.261 e. The van der Waals surface area contributed by atoms with Crippen LogP contribution in [-0.2, 0) is 14.8 Å². The standard InChI is InChI=1S/C21H19FN4O4S/c1-14-7-8-18(11-19(14)22)31(29,30)26-16-5-2-4-15(10-16)21(28)24-13-20(27)25-17-6-3-9-23-12-17/h2-12,26H,13H2,1H3,(H,24,28)(H,25,27). The SMILES string of the molecule is Cc1ccc(S(=O)(=O)Nc2cccc(C(=O)NCC(=O)Nc3cccnc3)c2)cc1F. The number of carbonyl (C=O) groups is 2. The van der Waals surface area contributed by atoms with E-state index >= 15 is 0 Å². The quantitative estimate of drug-likeness (QED) is 0.520. The van der Waals surface area contributed by atoms with Crippen molar-refractivity contribution in [3.63, 3.8) is 0 Å². The fraction of sp³-hybridized carbons (Fsp3) is 0.0952. The number of rotatable bonds is 7. The molecule has 2 amide bonds. The van der Waals surface area contributed by atoms with Crippen molar-refractivity contribution in [3.05, 3.63) is 83.9 Å². The summed E-state index contributed by atoms with van der Waals surface area (Å²) in [7, 11) is -4.05. The van der Waals surface area contributed by atoms with Gasteiger partial charge in [-0.3, -0.25) is 19.3 Å². The molecule has 0 spiro atoms. The molecule has 0 atom stereocenters. The molecular weight excluding hydrogens is 423 g/mol. The first-order chi connectivity index (χ1) is 14.7. The Hall–Kier alpha value is -3.79. The van der Waals surface area contributed by atoms with Gasteiger partial charge in [0.2, 0.25) is 5.91 Å². The number of anilines is 2. The number of hydrogen-bond acceptors (Lipinski definition) is 5. The van der Waals surface area contributed by atoms with Crippen LogP contribution < -0.4 is 15.4 Å². The van der Waals surface area contributed by atoms with E-state index in [0.29, 0.717) is 11.3 Å². The first-order valence-electron chi connectivity index (χ1n) is 9.12. The van der Waals surface area contributed by atoms with Gasteiger partial charge in [0.05, 0.1) is 23.3 Å². The molecule has 3 N–H and O–H groups in total. The van der Waals surface area contributed by atoms with Crippen LogP contribution in [0.4, 0.5) is 15.8 Å². The predicted molar refractivity (Wildman–Crippen MR) is 114 cm³/mol. The Bertz CT molecular complexity index is 1220. The molecule has 0 aliphatic carbocycles. The van der Waals surface area contributed by atoms with Crippen LogP contribution in [0.5, 0.6) is 0 Å². The van der Waals surface area contributed by atoms with Crippen LogP contribution in [0.1, 0.15) is 15.9 Å². The predicted octanol–water partition coefficient (Wildman–Crippen LogP) is 2.70. The summed E-state index contributed by atoms with van der Waals surface area (Å²) in [6.07, 6.45) is 3.03. The minimum absolute atomic E-state index is 0.119. The van der Waals surface area contributed by atoms with Crippen molar-refractivity contribution < 1.29 is 22.4 Å². The topological polar surface area (TPSA) is 117 Å². The zero-order chi connectivity index (χ0) is 22.4. The third-order valence-corrected chi connectivity index (χ3v) is 5.56. The van der Waals surface area contributed by atoms with Gasteiger partial charge in [-0.05, 0) is 55.0 Å². The fourth-order valence-electron chi connectivity index (χ4n) is 2.58. The van der Waals surface area contributed by atoms with Gasteiger partial charge in [0.1, 0.15) is 5.82 Å². The number of amides is 2. The van der Waals surface area contributed by atoms with Gasteiger partial charge in [0, 0.05) is 17.4 Å². The monoisotopic (exact) mass is 442 g/mol. The van der Waals surface area contributed by atoms with Gasteiger partial charge in [-0.15, -0.1) is 0 Å². The zero-order valence-electron chi connectivity index (χ0n) is 16.4. The second-order valence-corrected chi connectivity index (χ2v) is 8.25. The van der Waals surface area contributed by atoms with E-state index in [1.165, 1.54) is 49.5 Å². The summed E-state index contributed by atoms with van der Waals surface area (Å²) in [5, 5.41) is 5.04. The molecule has 0 radical (unpaired) electrons. The number of aryl methyl sites for hydroxylation is 1. The maximum Gasteiger partial charge on any atom is 0.261 e. The van der Waals surface area contributed by atoms with Crippen LogP contribution in [0.2, 0.25) is 0 Å². The van der Waals surface area contributed by atoms with Gasteiger partial charge in [-0.1, -0.05) is 12.1 Å². The molecule has 0 bridgehead atoms. The van der Waals surface area contributed by atoms with E-state index in [9.17, 15) is 22.4 Å². The Kier molecular flexibility index (Phi) is 6.61. The third kappa shape index (κ3) is 5.86. The number of halogens is 1. The number of hydrogen-bond donors (Lipinski definition) is 3. The molecule has 0 aliphatic rings. The zero-order valence-corrected chi connectivity index (χ0v) is 17.2. The van der Waals surface area contributed by atoms with Crippen molar-refractivity contribution in [2.45, 2.75) is 11.8 Å². The molecule has 0 saturated heterocycles. The number of aromatic nitrogens is 1. The maximum absolute atomic E-state index is 13.7.